The number of likely N-dealkylation sites (N-methyl/N-ethyl adjacent to an activating group) is 1. The Morgan fingerprint density at radius 1 is 1.22 bits per heavy atom. The van der Waals surface area contributed by atoms with Crippen molar-refractivity contribution in [1.29, 1.82) is 0 Å². The molecular weight excluding hydrogens is 312 g/mol. The van der Waals surface area contributed by atoms with Crippen molar-refractivity contribution in [3.63, 3.8) is 0 Å². The molecule has 0 aliphatic carbocycles. The van der Waals surface area contributed by atoms with Crippen LogP contribution in [0.25, 0.3) is 0 Å². The molecule has 0 aromatic heterocycles. The van der Waals surface area contributed by atoms with Gasteiger partial charge in [0.15, 0.2) is 0 Å². The van der Waals surface area contributed by atoms with Gasteiger partial charge in [-0.3, -0.25) is 9.69 Å². The van der Waals surface area contributed by atoms with Gasteiger partial charge in [0.05, 0.1) is 6.10 Å². The third kappa shape index (κ3) is 4.79. The van der Waals surface area contributed by atoms with Crippen LogP contribution in [0.15, 0.2) is 48.5 Å². The predicted molar refractivity (Wildman–Crippen MR) is 92.6 cm³/mol. The van der Waals surface area contributed by atoms with Crippen LogP contribution in [0.4, 0.5) is 0 Å². The van der Waals surface area contributed by atoms with Crippen LogP contribution in [-0.4, -0.2) is 36.6 Å². The van der Waals surface area contributed by atoms with Crippen molar-refractivity contribution in [3.05, 3.63) is 70.2 Å². The molecule has 0 unspecified atom stereocenters. The molecule has 2 aromatic carbocycles. The molecule has 0 bridgehead atoms. The highest BCUT2D eigenvalue weighted by Gasteiger charge is 2.14. The van der Waals surface area contributed by atoms with E-state index in [1.165, 1.54) is 0 Å². The maximum absolute atomic E-state index is 11.5. The van der Waals surface area contributed by atoms with Crippen LogP contribution in [0.2, 0.25) is 5.02 Å². The Hall–Kier alpha value is -1.88. The van der Waals surface area contributed by atoms with E-state index < -0.39 is 6.10 Å². The van der Waals surface area contributed by atoms with E-state index in [9.17, 15) is 9.90 Å². The molecule has 0 spiro atoms. The van der Waals surface area contributed by atoms with Crippen molar-refractivity contribution < 1.29 is 9.90 Å². The summed E-state index contributed by atoms with van der Waals surface area (Å²) in [6, 6.07) is 14.7. The third-order valence-electron chi connectivity index (χ3n) is 3.64. The lowest BCUT2D eigenvalue weighted by atomic mass is 10.1. The second-order valence-electron chi connectivity index (χ2n) is 5.51. The molecule has 4 nitrogen and oxygen atoms in total. The van der Waals surface area contributed by atoms with Gasteiger partial charge < -0.3 is 10.4 Å². The summed E-state index contributed by atoms with van der Waals surface area (Å²) in [5.74, 6) is -0.0981. The number of hydrogen-bond donors (Lipinski definition) is 2. The number of amides is 1. The molecule has 0 radical (unpaired) electrons. The lowest BCUT2D eigenvalue weighted by molar-refractivity contribution is 0.0963. The molecule has 1 atom stereocenters. The Balaban J connectivity index is 1.95. The maximum atomic E-state index is 11.5. The smallest absolute Gasteiger partial charge is 0.251 e. The molecule has 0 saturated carbocycles. The first-order chi connectivity index (χ1) is 11.0. The molecule has 2 rings (SSSR count). The summed E-state index contributed by atoms with van der Waals surface area (Å²) >= 11 is 6.11. The van der Waals surface area contributed by atoms with Gasteiger partial charge in [-0.25, -0.2) is 0 Å². The van der Waals surface area contributed by atoms with Gasteiger partial charge in [0, 0.05) is 36.3 Å². The predicted octanol–water partition coefficient (Wildman–Crippen LogP) is 2.87. The second-order valence-corrected chi connectivity index (χ2v) is 5.92. The summed E-state index contributed by atoms with van der Waals surface area (Å²) in [4.78, 5) is 13.5. The zero-order valence-corrected chi connectivity index (χ0v) is 14.0. The zero-order chi connectivity index (χ0) is 16.8. The van der Waals surface area contributed by atoms with E-state index in [1.54, 1.807) is 25.2 Å². The van der Waals surface area contributed by atoms with Gasteiger partial charge in [-0.1, -0.05) is 41.9 Å². The van der Waals surface area contributed by atoms with Crippen LogP contribution in [0.1, 0.15) is 27.6 Å². The fourth-order valence-corrected chi connectivity index (χ4v) is 2.68. The van der Waals surface area contributed by atoms with Gasteiger partial charge >= 0.3 is 0 Å². The van der Waals surface area contributed by atoms with E-state index in [0.29, 0.717) is 23.7 Å². The fourth-order valence-electron chi connectivity index (χ4n) is 2.42. The van der Waals surface area contributed by atoms with Gasteiger partial charge in [0.1, 0.15) is 0 Å². The SMILES string of the molecule is CNC(=O)c1ccc(CN(C)C[C@H](O)c2ccccc2Cl)cc1. The first-order valence-corrected chi connectivity index (χ1v) is 7.81. The van der Waals surface area contributed by atoms with E-state index in [-0.39, 0.29) is 5.91 Å². The Morgan fingerprint density at radius 2 is 1.87 bits per heavy atom. The monoisotopic (exact) mass is 332 g/mol. The van der Waals surface area contributed by atoms with E-state index in [0.717, 1.165) is 11.1 Å². The lowest BCUT2D eigenvalue weighted by Gasteiger charge is -2.21. The van der Waals surface area contributed by atoms with Crippen LogP contribution >= 0.6 is 11.6 Å². The number of aliphatic hydroxyl groups is 1. The average Bonchev–Trinajstić information content (AvgIpc) is 2.55. The highest BCUT2D eigenvalue weighted by atomic mass is 35.5. The minimum atomic E-state index is -0.640. The summed E-state index contributed by atoms with van der Waals surface area (Å²) < 4.78 is 0. The van der Waals surface area contributed by atoms with Crippen molar-refractivity contribution in [2.45, 2.75) is 12.6 Å². The molecule has 0 saturated heterocycles. The molecule has 0 heterocycles. The molecule has 0 aliphatic heterocycles. The molecule has 2 N–H and O–H groups in total. The first kappa shape index (κ1) is 17.5. The molecule has 0 aliphatic rings. The number of carbonyl (C=O) groups excluding carboxylic acids is 1. The lowest BCUT2D eigenvalue weighted by Crippen LogP contribution is -2.24. The topological polar surface area (TPSA) is 52.6 Å². The molecule has 5 heteroatoms. The summed E-state index contributed by atoms with van der Waals surface area (Å²) in [6.07, 6.45) is -0.640. The van der Waals surface area contributed by atoms with Gasteiger partial charge in [0.25, 0.3) is 5.91 Å². The maximum Gasteiger partial charge on any atom is 0.251 e. The summed E-state index contributed by atoms with van der Waals surface area (Å²) in [5, 5.41) is 13.5. The number of benzene rings is 2. The second kappa shape index (κ2) is 8.11. The molecule has 23 heavy (non-hydrogen) atoms. The minimum Gasteiger partial charge on any atom is -0.387 e. The van der Waals surface area contributed by atoms with E-state index in [1.807, 2.05) is 42.3 Å². The first-order valence-electron chi connectivity index (χ1n) is 7.43. The third-order valence-corrected chi connectivity index (χ3v) is 3.99. The van der Waals surface area contributed by atoms with Crippen LogP contribution in [0.3, 0.4) is 0 Å². The van der Waals surface area contributed by atoms with Crippen molar-refractivity contribution in [1.82, 2.24) is 10.2 Å². The molecular formula is C18H21ClN2O2. The van der Waals surface area contributed by atoms with Crippen molar-refractivity contribution in [2.75, 3.05) is 20.6 Å². The highest BCUT2D eigenvalue weighted by molar-refractivity contribution is 6.31. The molecule has 1 amide bonds. The average molecular weight is 333 g/mol. The number of aliphatic hydroxyl groups excluding tert-OH is 1. The Morgan fingerprint density at radius 3 is 2.48 bits per heavy atom. The van der Waals surface area contributed by atoms with Crippen LogP contribution < -0.4 is 5.32 Å². The summed E-state index contributed by atoms with van der Waals surface area (Å²) in [5.41, 5.74) is 2.44. The highest BCUT2D eigenvalue weighted by Crippen LogP contribution is 2.23. The van der Waals surface area contributed by atoms with E-state index >= 15 is 0 Å². The van der Waals surface area contributed by atoms with E-state index in [4.69, 9.17) is 11.6 Å². The molecule has 122 valence electrons. The number of nitrogens with zero attached hydrogens (tertiary/aromatic N) is 1. The largest absolute Gasteiger partial charge is 0.387 e. The Kier molecular flexibility index (Phi) is 6.16. The molecule has 2 aromatic rings. The number of hydrogen-bond acceptors (Lipinski definition) is 3. The van der Waals surface area contributed by atoms with Crippen LogP contribution in [0, 0.1) is 0 Å². The van der Waals surface area contributed by atoms with Crippen molar-refractivity contribution >= 4 is 17.5 Å². The minimum absolute atomic E-state index is 0.0981. The Bertz CT molecular complexity index is 658. The summed E-state index contributed by atoms with van der Waals surface area (Å²) in [7, 11) is 3.55. The number of carbonyl (C=O) groups is 1. The summed E-state index contributed by atoms with van der Waals surface area (Å²) in [6.45, 7) is 1.15. The van der Waals surface area contributed by atoms with E-state index in [2.05, 4.69) is 5.32 Å². The number of halogens is 1. The standard InChI is InChI=1S/C18H21ClN2O2/c1-20-18(23)14-9-7-13(8-10-14)11-21(2)12-17(22)15-5-3-4-6-16(15)19/h3-10,17,22H,11-12H2,1-2H3,(H,20,23)/t17-/m0/s1. The Labute approximate surface area is 141 Å². The number of rotatable bonds is 6. The van der Waals surface area contributed by atoms with Crippen molar-refractivity contribution in [2.24, 2.45) is 0 Å². The van der Waals surface area contributed by atoms with Gasteiger partial charge in [-0.2, -0.15) is 0 Å². The number of nitrogens with one attached hydrogen (secondary N) is 1. The molecule has 0 fully saturated rings. The fraction of sp³-hybridized carbons (Fsp3) is 0.278. The van der Waals surface area contributed by atoms with Crippen LogP contribution in [0.5, 0.6) is 0 Å². The van der Waals surface area contributed by atoms with Gasteiger partial charge in [-0.15, -0.1) is 0 Å². The van der Waals surface area contributed by atoms with Gasteiger partial charge in [-0.05, 0) is 30.8 Å². The normalized spacial score (nSPS) is 12.2. The zero-order valence-electron chi connectivity index (χ0n) is 13.3. The van der Waals surface area contributed by atoms with Gasteiger partial charge in [0.2, 0.25) is 0 Å². The quantitative estimate of drug-likeness (QED) is 0.855. The van der Waals surface area contributed by atoms with Crippen molar-refractivity contribution in [3.8, 4) is 0 Å². The van der Waals surface area contributed by atoms with Crippen LogP contribution in [-0.2, 0) is 6.54 Å².